The van der Waals surface area contributed by atoms with E-state index in [1.54, 1.807) is 0 Å². The van der Waals surface area contributed by atoms with Crippen molar-refractivity contribution in [3.8, 4) is 0 Å². The molecule has 0 aromatic carbocycles. The molecule has 8 heteroatoms. The summed E-state index contributed by atoms with van der Waals surface area (Å²) in [5.41, 5.74) is 0. The lowest BCUT2D eigenvalue weighted by Gasteiger charge is -2.27. The molecule has 0 saturated heterocycles. The summed E-state index contributed by atoms with van der Waals surface area (Å²) in [6.45, 7) is -1.90. The molecule has 96 valence electrons. The Kier molecular flexibility index (Phi) is 6.60. The first-order valence-electron chi connectivity index (χ1n) is 4.51. The second-order valence-electron chi connectivity index (χ2n) is 3.29. The largest absolute Gasteiger partial charge is 0.394 e. The molecule has 0 unspecified atom stereocenters. The van der Waals surface area contributed by atoms with Gasteiger partial charge in [-0.05, 0) is 0 Å². The third-order valence-corrected chi connectivity index (χ3v) is 2.09. The number of aliphatic hydroxyl groups is 7. The zero-order valence-electron chi connectivity index (χ0n) is 8.34. The molecule has 16 heavy (non-hydrogen) atoms. The summed E-state index contributed by atoms with van der Waals surface area (Å²) in [7, 11) is 0. The van der Waals surface area contributed by atoms with Gasteiger partial charge in [-0.2, -0.15) is 0 Å². The summed E-state index contributed by atoms with van der Waals surface area (Å²) in [5, 5.41) is 62.5. The molecule has 0 aromatic heterocycles. The third-order valence-electron chi connectivity index (χ3n) is 2.09. The summed E-state index contributed by atoms with van der Waals surface area (Å²) < 4.78 is 0. The minimum Gasteiger partial charge on any atom is -0.394 e. The fourth-order valence-electron chi connectivity index (χ4n) is 1.01. The van der Waals surface area contributed by atoms with Crippen LogP contribution in [0.15, 0.2) is 0 Å². The average Bonchev–Trinajstić information content (AvgIpc) is 2.32. The lowest BCUT2D eigenvalue weighted by Crippen LogP contribution is -2.52. The monoisotopic (exact) mass is 240 g/mol. The Morgan fingerprint density at radius 1 is 0.875 bits per heavy atom. The van der Waals surface area contributed by atoms with Crippen LogP contribution in [0.25, 0.3) is 0 Å². The number of ketones is 1. The molecule has 0 saturated carbocycles. The van der Waals surface area contributed by atoms with E-state index in [9.17, 15) is 15.0 Å². The second-order valence-corrected chi connectivity index (χ2v) is 3.29. The third kappa shape index (κ3) is 3.76. The smallest absolute Gasteiger partial charge is 0.189 e. The van der Waals surface area contributed by atoms with Crippen LogP contribution in [-0.4, -0.2) is 85.3 Å². The normalized spacial score (nSPS) is 20.9. The number of rotatable bonds is 7. The Balaban J connectivity index is 4.47. The first-order valence-corrected chi connectivity index (χ1v) is 4.51. The summed E-state index contributed by atoms with van der Waals surface area (Å²) in [6.07, 6.45) is -9.84. The van der Waals surface area contributed by atoms with Crippen LogP contribution in [0.1, 0.15) is 0 Å². The van der Waals surface area contributed by atoms with Crippen LogP contribution in [0.2, 0.25) is 0 Å². The van der Waals surface area contributed by atoms with Crippen LogP contribution in [0.4, 0.5) is 0 Å². The van der Waals surface area contributed by atoms with E-state index < -0.39 is 49.5 Å². The highest BCUT2D eigenvalue weighted by Crippen LogP contribution is 2.09. The highest BCUT2D eigenvalue weighted by atomic mass is 16.4. The zero-order valence-corrected chi connectivity index (χ0v) is 8.34. The molecule has 0 aliphatic carbocycles. The summed E-state index contributed by atoms with van der Waals surface area (Å²) in [5.74, 6) is -1.14. The van der Waals surface area contributed by atoms with Crippen molar-refractivity contribution in [2.45, 2.75) is 30.5 Å². The highest BCUT2D eigenvalue weighted by molar-refractivity contribution is 5.84. The molecule has 0 aliphatic rings. The Morgan fingerprint density at radius 2 is 1.38 bits per heavy atom. The highest BCUT2D eigenvalue weighted by Gasteiger charge is 2.36. The van der Waals surface area contributed by atoms with Crippen molar-refractivity contribution < 1.29 is 40.5 Å². The van der Waals surface area contributed by atoms with E-state index >= 15 is 0 Å². The van der Waals surface area contributed by atoms with Gasteiger partial charge in [0.05, 0.1) is 6.61 Å². The Morgan fingerprint density at radius 3 is 1.75 bits per heavy atom. The molecule has 0 aromatic rings. The fourth-order valence-corrected chi connectivity index (χ4v) is 1.01. The second kappa shape index (κ2) is 6.86. The van der Waals surface area contributed by atoms with Gasteiger partial charge in [-0.3, -0.25) is 4.79 Å². The van der Waals surface area contributed by atoms with Gasteiger partial charge in [-0.15, -0.1) is 0 Å². The maximum atomic E-state index is 10.8. The van der Waals surface area contributed by atoms with E-state index in [4.69, 9.17) is 25.5 Å². The minimum absolute atomic E-state index is 0.866. The van der Waals surface area contributed by atoms with Crippen LogP contribution < -0.4 is 0 Å². The van der Waals surface area contributed by atoms with E-state index in [1.165, 1.54) is 0 Å². The van der Waals surface area contributed by atoms with Crippen molar-refractivity contribution in [3.05, 3.63) is 0 Å². The van der Waals surface area contributed by atoms with Crippen LogP contribution in [0, 0.1) is 0 Å². The molecule has 0 amide bonds. The van der Waals surface area contributed by atoms with Crippen molar-refractivity contribution in [1.29, 1.82) is 0 Å². The SMILES string of the molecule is O=C(CO)[C@@H](O)[C@H](O)[C@H](O)[C@@H](O)[C@@H](O)CO. The summed E-state index contributed by atoms with van der Waals surface area (Å²) in [4.78, 5) is 10.8. The van der Waals surface area contributed by atoms with Gasteiger partial charge in [0.2, 0.25) is 0 Å². The van der Waals surface area contributed by atoms with Crippen LogP contribution in [-0.2, 0) is 4.79 Å². The fraction of sp³-hybridized carbons (Fsp3) is 0.875. The molecule has 0 rings (SSSR count). The van der Waals surface area contributed by atoms with E-state index in [1.807, 2.05) is 0 Å². The maximum Gasteiger partial charge on any atom is 0.189 e. The standard InChI is InChI=1S/C8H16O8/c9-1-3(11)5(13)7(15)8(16)6(14)4(12)2-10/h3,5-11,13-16H,1-2H2/t3-,5-,6+,7+,8-/m0/s1. The summed E-state index contributed by atoms with van der Waals surface area (Å²) >= 11 is 0. The maximum absolute atomic E-state index is 10.8. The van der Waals surface area contributed by atoms with Crippen molar-refractivity contribution in [1.82, 2.24) is 0 Å². The van der Waals surface area contributed by atoms with Gasteiger partial charge < -0.3 is 35.7 Å². The van der Waals surface area contributed by atoms with Crippen LogP contribution >= 0.6 is 0 Å². The number of carbonyl (C=O) groups is 1. The molecule has 7 N–H and O–H groups in total. The summed E-state index contributed by atoms with van der Waals surface area (Å²) in [6, 6.07) is 0. The average molecular weight is 240 g/mol. The van der Waals surface area contributed by atoms with E-state index in [-0.39, 0.29) is 0 Å². The van der Waals surface area contributed by atoms with Crippen molar-refractivity contribution in [2.75, 3.05) is 13.2 Å². The Labute approximate surface area is 91.0 Å². The van der Waals surface area contributed by atoms with Gasteiger partial charge >= 0.3 is 0 Å². The molecule has 0 fully saturated rings. The molecule has 5 atom stereocenters. The van der Waals surface area contributed by atoms with Gasteiger partial charge in [-0.25, -0.2) is 0 Å². The van der Waals surface area contributed by atoms with Gasteiger partial charge in [0.25, 0.3) is 0 Å². The lowest BCUT2D eigenvalue weighted by molar-refractivity contribution is -0.157. The Bertz CT molecular complexity index is 220. The van der Waals surface area contributed by atoms with E-state index in [0.29, 0.717) is 0 Å². The quantitative estimate of drug-likeness (QED) is 0.234. The number of hydrogen-bond donors (Lipinski definition) is 7. The molecular formula is C8H16O8. The minimum atomic E-state index is -2.08. The molecule has 0 bridgehead atoms. The van der Waals surface area contributed by atoms with Gasteiger partial charge in [0.15, 0.2) is 5.78 Å². The topological polar surface area (TPSA) is 159 Å². The predicted molar refractivity (Wildman–Crippen MR) is 49.2 cm³/mol. The molecule has 0 spiro atoms. The first kappa shape index (κ1) is 15.4. The molecule has 0 aliphatic heterocycles. The number of carbonyl (C=O) groups excluding carboxylic acids is 1. The Hall–Kier alpha value is -0.610. The number of Topliss-reactive ketones (excluding diaryl/α,β-unsaturated/α-hetero) is 1. The van der Waals surface area contributed by atoms with E-state index in [2.05, 4.69) is 0 Å². The molecular weight excluding hydrogens is 224 g/mol. The van der Waals surface area contributed by atoms with E-state index in [0.717, 1.165) is 0 Å². The molecule has 0 radical (unpaired) electrons. The first-order chi connectivity index (χ1) is 7.36. The van der Waals surface area contributed by atoms with Crippen LogP contribution in [0.5, 0.6) is 0 Å². The lowest BCUT2D eigenvalue weighted by atomic mass is 9.97. The van der Waals surface area contributed by atoms with Gasteiger partial charge in [-0.1, -0.05) is 0 Å². The van der Waals surface area contributed by atoms with Crippen molar-refractivity contribution >= 4 is 5.78 Å². The molecule has 0 heterocycles. The number of aliphatic hydroxyl groups excluding tert-OH is 7. The predicted octanol–water partition coefficient (Wildman–Crippen LogP) is -4.66. The number of hydrogen-bond acceptors (Lipinski definition) is 8. The molecule has 8 nitrogen and oxygen atoms in total. The van der Waals surface area contributed by atoms with Gasteiger partial charge in [0, 0.05) is 0 Å². The zero-order chi connectivity index (χ0) is 12.9. The van der Waals surface area contributed by atoms with Crippen LogP contribution in [0.3, 0.4) is 0 Å². The van der Waals surface area contributed by atoms with Crippen molar-refractivity contribution in [2.24, 2.45) is 0 Å². The van der Waals surface area contributed by atoms with Crippen molar-refractivity contribution in [3.63, 3.8) is 0 Å². The van der Waals surface area contributed by atoms with Gasteiger partial charge in [0.1, 0.15) is 37.1 Å².